The first-order valence-electron chi connectivity index (χ1n) is 5.50. The average molecular weight is 334 g/mol. The van der Waals surface area contributed by atoms with Gasteiger partial charge in [-0.25, -0.2) is 18.6 Å². The van der Waals surface area contributed by atoms with Crippen LogP contribution in [0.25, 0.3) is 0 Å². The SMILES string of the molecule is CCOC(=O)c1nc(CCl)cc(C(F)F)c1OC(F)(F)F. The third-order valence-corrected chi connectivity index (χ3v) is 2.39. The van der Waals surface area contributed by atoms with Gasteiger partial charge in [-0.05, 0) is 13.0 Å². The molecule has 0 atom stereocenters. The van der Waals surface area contributed by atoms with Crippen LogP contribution in [0, 0.1) is 0 Å². The van der Waals surface area contributed by atoms with Crippen LogP contribution in [-0.2, 0) is 10.6 Å². The maximum atomic E-state index is 12.9. The third kappa shape index (κ3) is 4.69. The smallest absolute Gasteiger partial charge is 0.461 e. The van der Waals surface area contributed by atoms with E-state index in [2.05, 4.69) is 14.5 Å². The van der Waals surface area contributed by atoms with E-state index in [1.54, 1.807) is 0 Å². The van der Waals surface area contributed by atoms with E-state index in [0.29, 0.717) is 6.07 Å². The highest BCUT2D eigenvalue weighted by molar-refractivity contribution is 6.16. The van der Waals surface area contributed by atoms with E-state index in [1.165, 1.54) is 6.92 Å². The second-order valence-electron chi connectivity index (χ2n) is 3.58. The quantitative estimate of drug-likeness (QED) is 0.467. The lowest BCUT2D eigenvalue weighted by Crippen LogP contribution is -2.22. The number of aromatic nitrogens is 1. The van der Waals surface area contributed by atoms with E-state index in [0.717, 1.165) is 0 Å². The number of halogens is 6. The zero-order valence-corrected chi connectivity index (χ0v) is 11.3. The number of rotatable bonds is 5. The summed E-state index contributed by atoms with van der Waals surface area (Å²) in [5.41, 5.74) is -2.34. The van der Waals surface area contributed by atoms with Gasteiger partial charge < -0.3 is 9.47 Å². The van der Waals surface area contributed by atoms with Crippen LogP contribution in [0.2, 0.25) is 0 Å². The van der Waals surface area contributed by atoms with Crippen LogP contribution in [0.4, 0.5) is 22.0 Å². The predicted octanol–water partition coefficient (Wildman–Crippen LogP) is 3.83. The Bertz CT molecular complexity index is 521. The molecule has 1 rings (SSSR count). The molecule has 0 unspecified atom stereocenters. The number of ether oxygens (including phenoxy) is 2. The van der Waals surface area contributed by atoms with Crippen molar-refractivity contribution in [1.82, 2.24) is 4.98 Å². The Balaban J connectivity index is 3.48. The van der Waals surface area contributed by atoms with Gasteiger partial charge in [0.2, 0.25) is 0 Å². The number of esters is 1. The van der Waals surface area contributed by atoms with E-state index in [4.69, 9.17) is 11.6 Å². The molecule has 1 heterocycles. The fourth-order valence-corrected chi connectivity index (χ4v) is 1.54. The van der Waals surface area contributed by atoms with Crippen molar-refractivity contribution in [3.05, 3.63) is 23.0 Å². The minimum absolute atomic E-state index is 0.179. The molecule has 0 saturated heterocycles. The standard InChI is InChI=1S/C11H9ClF5NO3/c1-2-20-10(19)7-8(21-11(15,16)17)6(9(13)14)3-5(4-12)18-7/h3,9H,2,4H2,1H3. The Labute approximate surface area is 120 Å². The normalized spacial score (nSPS) is 11.6. The van der Waals surface area contributed by atoms with Crippen molar-refractivity contribution >= 4 is 17.6 Å². The molecule has 0 aliphatic carbocycles. The number of alkyl halides is 6. The zero-order chi connectivity index (χ0) is 16.2. The first kappa shape index (κ1) is 17.4. The van der Waals surface area contributed by atoms with Gasteiger partial charge in [0.1, 0.15) is 0 Å². The Hall–Kier alpha value is -1.64. The molecule has 0 spiro atoms. The van der Waals surface area contributed by atoms with E-state index in [1.807, 2.05) is 0 Å². The van der Waals surface area contributed by atoms with Crippen LogP contribution >= 0.6 is 11.6 Å². The Morgan fingerprint density at radius 1 is 1.43 bits per heavy atom. The first-order chi connectivity index (χ1) is 9.69. The summed E-state index contributed by atoms with van der Waals surface area (Å²) in [6, 6.07) is 0.640. The number of pyridine rings is 1. The Morgan fingerprint density at radius 2 is 2.05 bits per heavy atom. The highest BCUT2D eigenvalue weighted by atomic mass is 35.5. The molecule has 0 amide bonds. The van der Waals surface area contributed by atoms with Crippen LogP contribution in [0.1, 0.15) is 35.1 Å². The molecule has 1 aromatic rings. The number of hydrogen-bond donors (Lipinski definition) is 0. The molecule has 118 valence electrons. The summed E-state index contributed by atoms with van der Waals surface area (Å²) in [5, 5.41) is 0. The number of carbonyl (C=O) groups excluding carboxylic acids is 1. The summed E-state index contributed by atoms with van der Waals surface area (Å²) in [6.45, 7) is 1.21. The molecular formula is C11H9ClF5NO3. The van der Waals surface area contributed by atoms with Crippen molar-refractivity contribution < 1.29 is 36.2 Å². The molecule has 0 aromatic carbocycles. The van der Waals surface area contributed by atoms with Crippen molar-refractivity contribution in [3.63, 3.8) is 0 Å². The summed E-state index contributed by atoms with van der Waals surface area (Å²) in [5.74, 6) is -3.08. The second-order valence-corrected chi connectivity index (χ2v) is 3.85. The summed E-state index contributed by atoms with van der Waals surface area (Å²) in [7, 11) is 0. The van der Waals surface area contributed by atoms with Crippen LogP contribution < -0.4 is 4.74 Å². The predicted molar refractivity (Wildman–Crippen MR) is 61.4 cm³/mol. The maximum Gasteiger partial charge on any atom is 0.573 e. The van der Waals surface area contributed by atoms with Gasteiger partial charge in [0.15, 0.2) is 11.4 Å². The second kappa shape index (κ2) is 6.88. The molecule has 1 aromatic heterocycles. The van der Waals surface area contributed by atoms with Crippen molar-refractivity contribution in [1.29, 1.82) is 0 Å². The van der Waals surface area contributed by atoms with Crippen LogP contribution in [0.5, 0.6) is 5.75 Å². The first-order valence-corrected chi connectivity index (χ1v) is 6.03. The minimum atomic E-state index is -5.27. The van der Waals surface area contributed by atoms with Crippen molar-refractivity contribution in [2.24, 2.45) is 0 Å². The molecule has 0 aliphatic heterocycles. The molecule has 0 saturated carbocycles. The fourth-order valence-electron chi connectivity index (χ4n) is 1.40. The van der Waals surface area contributed by atoms with Gasteiger partial charge in [0.05, 0.1) is 23.7 Å². The molecule has 0 N–H and O–H groups in total. The van der Waals surface area contributed by atoms with Crippen LogP contribution in [-0.4, -0.2) is 23.9 Å². The zero-order valence-electron chi connectivity index (χ0n) is 10.5. The topological polar surface area (TPSA) is 48.4 Å². The summed E-state index contributed by atoms with van der Waals surface area (Å²) in [6.07, 6.45) is -8.59. The Morgan fingerprint density at radius 3 is 2.48 bits per heavy atom. The summed E-state index contributed by atoms with van der Waals surface area (Å²) >= 11 is 5.42. The minimum Gasteiger partial charge on any atom is -0.461 e. The number of carbonyl (C=O) groups is 1. The van der Waals surface area contributed by atoms with E-state index < -0.39 is 35.8 Å². The molecule has 0 radical (unpaired) electrons. The lowest BCUT2D eigenvalue weighted by Gasteiger charge is -2.16. The van der Waals surface area contributed by atoms with E-state index in [9.17, 15) is 26.7 Å². The number of nitrogens with zero attached hydrogens (tertiary/aromatic N) is 1. The lowest BCUT2D eigenvalue weighted by molar-refractivity contribution is -0.275. The van der Waals surface area contributed by atoms with Gasteiger partial charge in [-0.15, -0.1) is 24.8 Å². The molecule has 21 heavy (non-hydrogen) atoms. The van der Waals surface area contributed by atoms with Gasteiger partial charge in [-0.2, -0.15) is 0 Å². The van der Waals surface area contributed by atoms with Crippen LogP contribution in [0.3, 0.4) is 0 Å². The maximum absolute atomic E-state index is 12.9. The van der Waals surface area contributed by atoms with Gasteiger partial charge in [0.25, 0.3) is 6.43 Å². The molecule has 4 nitrogen and oxygen atoms in total. The summed E-state index contributed by atoms with van der Waals surface area (Å²) in [4.78, 5) is 15.0. The highest BCUT2D eigenvalue weighted by Crippen LogP contribution is 2.36. The Kier molecular flexibility index (Phi) is 5.70. The van der Waals surface area contributed by atoms with Crippen molar-refractivity contribution in [3.8, 4) is 5.75 Å². The van der Waals surface area contributed by atoms with E-state index in [-0.39, 0.29) is 18.2 Å². The molecular weight excluding hydrogens is 325 g/mol. The monoisotopic (exact) mass is 333 g/mol. The van der Waals surface area contributed by atoms with Crippen molar-refractivity contribution in [2.75, 3.05) is 6.61 Å². The van der Waals surface area contributed by atoms with Gasteiger partial charge >= 0.3 is 12.3 Å². The average Bonchev–Trinajstić information content (AvgIpc) is 2.36. The molecule has 0 aliphatic rings. The fraction of sp³-hybridized carbons (Fsp3) is 0.455. The van der Waals surface area contributed by atoms with Gasteiger partial charge in [-0.3, -0.25) is 0 Å². The van der Waals surface area contributed by atoms with Crippen molar-refractivity contribution in [2.45, 2.75) is 25.6 Å². The molecule has 0 bridgehead atoms. The number of hydrogen-bond acceptors (Lipinski definition) is 4. The lowest BCUT2D eigenvalue weighted by atomic mass is 10.1. The third-order valence-electron chi connectivity index (χ3n) is 2.11. The largest absolute Gasteiger partial charge is 0.573 e. The van der Waals surface area contributed by atoms with Gasteiger partial charge in [-0.1, -0.05) is 0 Å². The van der Waals surface area contributed by atoms with Crippen LogP contribution in [0.15, 0.2) is 6.07 Å². The van der Waals surface area contributed by atoms with E-state index >= 15 is 0 Å². The van der Waals surface area contributed by atoms with Gasteiger partial charge in [0, 0.05) is 0 Å². The molecule has 10 heteroatoms. The summed E-state index contributed by atoms with van der Waals surface area (Å²) < 4.78 is 70.7. The highest BCUT2D eigenvalue weighted by Gasteiger charge is 2.37. The molecule has 0 fully saturated rings.